The fraction of sp³-hybridized carbons (Fsp3) is 0.267. The summed E-state index contributed by atoms with van der Waals surface area (Å²) in [6.45, 7) is 4.16. The van der Waals surface area contributed by atoms with Gasteiger partial charge in [0.25, 0.3) is 0 Å². The molecule has 1 aromatic carbocycles. The zero-order chi connectivity index (χ0) is 13.4. The van der Waals surface area contributed by atoms with Gasteiger partial charge in [0.2, 0.25) is 0 Å². The van der Waals surface area contributed by atoms with Crippen molar-refractivity contribution in [3.05, 3.63) is 48.1 Å². The molecular formula is C15H18O3. The number of hydrogen-bond donors (Lipinski definition) is 0. The number of hydrogen-bond acceptors (Lipinski definition) is 3. The van der Waals surface area contributed by atoms with E-state index in [2.05, 4.69) is 0 Å². The molecule has 0 aliphatic heterocycles. The Labute approximate surface area is 108 Å². The van der Waals surface area contributed by atoms with Gasteiger partial charge in [0.15, 0.2) is 0 Å². The summed E-state index contributed by atoms with van der Waals surface area (Å²) in [6, 6.07) is 7.76. The van der Waals surface area contributed by atoms with Gasteiger partial charge in [-0.3, -0.25) is 0 Å². The Morgan fingerprint density at radius 2 is 1.94 bits per heavy atom. The highest BCUT2D eigenvalue weighted by atomic mass is 16.5. The predicted molar refractivity (Wildman–Crippen MR) is 72.4 cm³/mol. The van der Waals surface area contributed by atoms with E-state index >= 15 is 0 Å². The molecule has 0 atom stereocenters. The third-order valence-corrected chi connectivity index (χ3v) is 2.41. The van der Waals surface area contributed by atoms with Crippen LogP contribution in [0.4, 0.5) is 0 Å². The van der Waals surface area contributed by atoms with Gasteiger partial charge < -0.3 is 9.47 Å². The van der Waals surface area contributed by atoms with Crippen molar-refractivity contribution in [1.29, 1.82) is 0 Å². The lowest BCUT2D eigenvalue weighted by atomic mass is 10.1. The Kier molecular flexibility index (Phi) is 5.71. The van der Waals surface area contributed by atoms with Crippen LogP contribution in [-0.2, 0) is 9.53 Å². The molecule has 0 bridgehead atoms. The van der Waals surface area contributed by atoms with Gasteiger partial charge in [0.1, 0.15) is 5.75 Å². The van der Waals surface area contributed by atoms with Gasteiger partial charge in [-0.05, 0) is 37.1 Å². The molecule has 18 heavy (non-hydrogen) atoms. The minimum atomic E-state index is -0.323. The lowest BCUT2D eigenvalue weighted by molar-refractivity contribution is -0.137. The molecule has 0 heterocycles. The maximum Gasteiger partial charge on any atom is 0.330 e. The second kappa shape index (κ2) is 7.33. The van der Waals surface area contributed by atoms with Crippen molar-refractivity contribution in [1.82, 2.24) is 0 Å². The second-order valence-electron chi connectivity index (χ2n) is 3.69. The van der Waals surface area contributed by atoms with Crippen LogP contribution in [0.3, 0.4) is 0 Å². The molecule has 0 aliphatic rings. The molecule has 0 aliphatic carbocycles. The van der Waals surface area contributed by atoms with Crippen LogP contribution in [0.1, 0.15) is 19.4 Å². The topological polar surface area (TPSA) is 35.5 Å². The maximum atomic E-state index is 11.1. The minimum absolute atomic E-state index is 0.323. The van der Waals surface area contributed by atoms with Crippen molar-refractivity contribution in [2.75, 3.05) is 13.7 Å². The van der Waals surface area contributed by atoms with E-state index in [4.69, 9.17) is 9.47 Å². The summed E-state index contributed by atoms with van der Waals surface area (Å²) in [5.74, 6) is 0.505. The summed E-state index contributed by atoms with van der Waals surface area (Å²) in [4.78, 5) is 11.1. The van der Waals surface area contributed by atoms with E-state index in [0.717, 1.165) is 16.9 Å². The van der Waals surface area contributed by atoms with Crippen LogP contribution in [0.25, 0.3) is 5.57 Å². The average Bonchev–Trinajstić information content (AvgIpc) is 2.39. The monoisotopic (exact) mass is 246 g/mol. The molecule has 3 nitrogen and oxygen atoms in total. The van der Waals surface area contributed by atoms with Gasteiger partial charge in [-0.2, -0.15) is 0 Å². The quantitative estimate of drug-likeness (QED) is 0.454. The number of ether oxygens (including phenoxy) is 2. The summed E-state index contributed by atoms with van der Waals surface area (Å²) in [5, 5.41) is 0. The number of benzene rings is 1. The first-order valence-corrected chi connectivity index (χ1v) is 5.83. The van der Waals surface area contributed by atoms with Crippen LogP contribution < -0.4 is 4.74 Å². The van der Waals surface area contributed by atoms with Gasteiger partial charge >= 0.3 is 5.97 Å². The first-order valence-electron chi connectivity index (χ1n) is 5.83. The Morgan fingerprint density at radius 3 is 2.50 bits per heavy atom. The lowest BCUT2D eigenvalue weighted by Crippen LogP contribution is -1.98. The fourth-order valence-corrected chi connectivity index (χ4v) is 1.41. The van der Waals surface area contributed by atoms with Crippen molar-refractivity contribution >= 4 is 11.5 Å². The lowest BCUT2D eigenvalue weighted by Gasteiger charge is -2.02. The molecular weight excluding hydrogens is 228 g/mol. The first kappa shape index (κ1) is 14.0. The molecule has 0 fully saturated rings. The van der Waals surface area contributed by atoms with E-state index in [9.17, 15) is 4.79 Å². The molecule has 0 saturated carbocycles. The number of esters is 1. The number of carbonyl (C=O) groups is 1. The van der Waals surface area contributed by atoms with Gasteiger partial charge in [0.05, 0.1) is 13.7 Å². The molecule has 3 heteroatoms. The van der Waals surface area contributed by atoms with E-state index in [-0.39, 0.29) is 5.97 Å². The molecule has 0 radical (unpaired) electrons. The first-order chi connectivity index (χ1) is 8.67. The highest BCUT2D eigenvalue weighted by molar-refractivity contribution is 5.82. The summed E-state index contributed by atoms with van der Waals surface area (Å²) in [5.41, 5.74) is 2.16. The summed E-state index contributed by atoms with van der Waals surface area (Å²) >= 11 is 0. The van der Waals surface area contributed by atoms with Crippen LogP contribution in [0.5, 0.6) is 5.75 Å². The van der Waals surface area contributed by atoms with Crippen LogP contribution in [-0.4, -0.2) is 19.7 Å². The molecule has 0 unspecified atom stereocenters. The number of rotatable bonds is 5. The molecule has 0 amide bonds. The van der Waals surface area contributed by atoms with Crippen molar-refractivity contribution in [2.24, 2.45) is 0 Å². The Morgan fingerprint density at radius 1 is 1.28 bits per heavy atom. The third kappa shape index (κ3) is 4.45. The highest BCUT2D eigenvalue weighted by Gasteiger charge is 1.96. The van der Waals surface area contributed by atoms with Crippen LogP contribution in [0, 0.1) is 0 Å². The summed E-state index contributed by atoms with van der Waals surface area (Å²) in [7, 11) is 1.64. The molecule has 0 aromatic heterocycles. The largest absolute Gasteiger partial charge is 0.497 e. The zero-order valence-corrected chi connectivity index (χ0v) is 11.0. The van der Waals surface area contributed by atoms with Gasteiger partial charge in [-0.25, -0.2) is 4.79 Å². The Balaban J connectivity index is 2.67. The van der Waals surface area contributed by atoms with Crippen molar-refractivity contribution in [2.45, 2.75) is 13.8 Å². The molecule has 0 spiro atoms. The molecule has 1 aromatic rings. The SMILES string of the molecule is CCOC(=O)C=CC=C(C)c1ccc(OC)cc1. The van der Waals surface area contributed by atoms with E-state index < -0.39 is 0 Å². The van der Waals surface area contributed by atoms with Gasteiger partial charge in [-0.15, -0.1) is 0 Å². The Hall–Kier alpha value is -2.03. The fourth-order valence-electron chi connectivity index (χ4n) is 1.41. The molecule has 96 valence electrons. The van der Waals surface area contributed by atoms with Gasteiger partial charge in [0, 0.05) is 6.08 Å². The number of carbonyl (C=O) groups excluding carboxylic acids is 1. The minimum Gasteiger partial charge on any atom is -0.497 e. The van der Waals surface area contributed by atoms with Crippen LogP contribution in [0.15, 0.2) is 42.5 Å². The summed E-state index contributed by atoms with van der Waals surface area (Å²) < 4.78 is 9.88. The number of methoxy groups -OCH3 is 1. The van der Waals surface area contributed by atoms with E-state index in [1.807, 2.05) is 37.3 Å². The highest BCUT2D eigenvalue weighted by Crippen LogP contribution is 2.17. The van der Waals surface area contributed by atoms with Crippen LogP contribution in [0.2, 0.25) is 0 Å². The van der Waals surface area contributed by atoms with Crippen LogP contribution >= 0.6 is 0 Å². The Bertz CT molecular complexity index is 441. The van der Waals surface area contributed by atoms with Crippen molar-refractivity contribution < 1.29 is 14.3 Å². The third-order valence-electron chi connectivity index (χ3n) is 2.41. The van der Waals surface area contributed by atoms with Gasteiger partial charge in [-0.1, -0.05) is 24.3 Å². The van der Waals surface area contributed by atoms with E-state index in [0.29, 0.717) is 6.61 Å². The van der Waals surface area contributed by atoms with E-state index in [1.165, 1.54) is 6.08 Å². The van der Waals surface area contributed by atoms with Crippen molar-refractivity contribution in [3.8, 4) is 5.75 Å². The molecule has 0 saturated heterocycles. The average molecular weight is 246 g/mol. The normalized spacial score (nSPS) is 11.6. The predicted octanol–water partition coefficient (Wildman–Crippen LogP) is 3.22. The van der Waals surface area contributed by atoms with E-state index in [1.54, 1.807) is 20.1 Å². The number of allylic oxidation sites excluding steroid dienone is 3. The smallest absolute Gasteiger partial charge is 0.330 e. The summed E-state index contributed by atoms with van der Waals surface area (Å²) in [6.07, 6.45) is 4.98. The van der Waals surface area contributed by atoms with Crippen molar-refractivity contribution in [3.63, 3.8) is 0 Å². The molecule has 0 N–H and O–H groups in total. The maximum absolute atomic E-state index is 11.1. The standard InChI is InChI=1S/C15H18O3/c1-4-18-15(16)7-5-6-12(2)13-8-10-14(17-3)11-9-13/h5-11H,4H2,1-3H3. The zero-order valence-electron chi connectivity index (χ0n) is 11.0. The second-order valence-corrected chi connectivity index (χ2v) is 3.69. The molecule has 1 rings (SSSR count).